The second-order valence-corrected chi connectivity index (χ2v) is 6.31. The van der Waals surface area contributed by atoms with E-state index in [0.717, 1.165) is 5.56 Å². The largest absolute Gasteiger partial charge is 0.492 e. The number of hydrogen-bond donors (Lipinski definition) is 1. The van der Waals surface area contributed by atoms with Gasteiger partial charge in [-0.1, -0.05) is 12.1 Å². The smallest absolute Gasteiger partial charge is 0.266 e. The molecule has 134 valence electrons. The zero-order chi connectivity index (χ0) is 19.1. The molecule has 26 heavy (non-hydrogen) atoms. The van der Waals surface area contributed by atoms with Crippen LogP contribution in [0.4, 0.5) is 5.69 Å². The molecular weight excluding hydrogens is 396 g/mol. The molecule has 0 unspecified atom stereocenters. The summed E-state index contributed by atoms with van der Waals surface area (Å²) in [6.45, 7) is 4.27. The van der Waals surface area contributed by atoms with Gasteiger partial charge in [0.15, 0.2) is 11.5 Å². The molecule has 0 saturated heterocycles. The zero-order valence-corrected chi connectivity index (χ0v) is 16.4. The fourth-order valence-electron chi connectivity index (χ4n) is 2.37. The number of hydrogen-bond acceptors (Lipinski definition) is 4. The van der Waals surface area contributed by atoms with E-state index in [-0.39, 0.29) is 5.57 Å². The molecule has 1 N–H and O–H groups in total. The van der Waals surface area contributed by atoms with E-state index in [1.807, 2.05) is 38.1 Å². The minimum absolute atomic E-state index is 0.00831. The second kappa shape index (κ2) is 9.07. The van der Waals surface area contributed by atoms with E-state index < -0.39 is 5.91 Å². The van der Waals surface area contributed by atoms with Crippen LogP contribution in [0.2, 0.25) is 0 Å². The summed E-state index contributed by atoms with van der Waals surface area (Å²) < 4.78 is 11.6. The van der Waals surface area contributed by atoms with E-state index >= 15 is 0 Å². The highest BCUT2D eigenvalue weighted by atomic mass is 79.9. The SMILES string of the molecule is CCOc1cc(/C=C(/C#N)C(=O)Nc2cccc(C)c2)cc(Br)c1OC. The number of nitrogens with zero attached hydrogens (tertiary/aromatic N) is 1. The topological polar surface area (TPSA) is 71.3 Å². The maximum Gasteiger partial charge on any atom is 0.266 e. The van der Waals surface area contributed by atoms with Crippen LogP contribution >= 0.6 is 15.9 Å². The van der Waals surface area contributed by atoms with Crippen molar-refractivity contribution in [2.24, 2.45) is 0 Å². The summed E-state index contributed by atoms with van der Waals surface area (Å²) in [5.41, 5.74) is 2.30. The van der Waals surface area contributed by atoms with Crippen molar-refractivity contribution in [1.82, 2.24) is 0 Å². The van der Waals surface area contributed by atoms with Crippen LogP contribution in [-0.2, 0) is 4.79 Å². The lowest BCUT2D eigenvalue weighted by molar-refractivity contribution is -0.112. The maximum atomic E-state index is 12.4. The molecule has 2 aromatic carbocycles. The Morgan fingerprint density at radius 1 is 1.35 bits per heavy atom. The number of nitriles is 1. The molecule has 0 heterocycles. The number of carbonyl (C=O) groups excluding carboxylic acids is 1. The Balaban J connectivity index is 2.33. The lowest BCUT2D eigenvalue weighted by Crippen LogP contribution is -2.13. The van der Waals surface area contributed by atoms with Crippen molar-refractivity contribution in [3.05, 3.63) is 57.6 Å². The van der Waals surface area contributed by atoms with Gasteiger partial charge in [-0.15, -0.1) is 0 Å². The second-order valence-electron chi connectivity index (χ2n) is 5.46. The van der Waals surface area contributed by atoms with Gasteiger partial charge in [-0.2, -0.15) is 5.26 Å². The molecule has 0 saturated carbocycles. The Morgan fingerprint density at radius 3 is 2.73 bits per heavy atom. The van der Waals surface area contributed by atoms with Gasteiger partial charge in [0.1, 0.15) is 11.6 Å². The number of anilines is 1. The molecule has 0 aromatic heterocycles. The van der Waals surface area contributed by atoms with Crippen LogP contribution in [0.25, 0.3) is 6.08 Å². The van der Waals surface area contributed by atoms with Crippen LogP contribution in [-0.4, -0.2) is 19.6 Å². The summed E-state index contributed by atoms with van der Waals surface area (Å²) in [6.07, 6.45) is 1.51. The Morgan fingerprint density at radius 2 is 2.12 bits per heavy atom. The molecule has 1 amide bonds. The molecule has 0 aliphatic carbocycles. The number of nitrogens with one attached hydrogen (secondary N) is 1. The molecule has 0 radical (unpaired) electrons. The van der Waals surface area contributed by atoms with Crippen molar-refractivity contribution < 1.29 is 14.3 Å². The summed E-state index contributed by atoms with van der Waals surface area (Å²) in [5.74, 6) is 0.627. The first-order chi connectivity index (χ1) is 12.5. The van der Waals surface area contributed by atoms with E-state index in [1.54, 1.807) is 25.3 Å². The number of aryl methyl sites for hydroxylation is 1. The van der Waals surface area contributed by atoms with Gasteiger partial charge in [-0.3, -0.25) is 4.79 Å². The lowest BCUT2D eigenvalue weighted by atomic mass is 10.1. The normalized spacial score (nSPS) is 10.8. The monoisotopic (exact) mass is 414 g/mol. The lowest BCUT2D eigenvalue weighted by Gasteiger charge is -2.12. The summed E-state index contributed by atoms with van der Waals surface area (Å²) in [7, 11) is 1.55. The van der Waals surface area contributed by atoms with Gasteiger partial charge in [0.25, 0.3) is 5.91 Å². The van der Waals surface area contributed by atoms with Crippen LogP contribution in [0.5, 0.6) is 11.5 Å². The third-order valence-corrected chi connectivity index (χ3v) is 4.08. The molecular formula is C20H19BrN2O3. The standard InChI is InChI=1S/C20H19BrN2O3/c1-4-26-18-11-14(10-17(21)19(18)25-3)9-15(12-22)20(24)23-16-7-5-6-13(2)8-16/h5-11H,4H2,1-3H3,(H,23,24)/b15-9-. The minimum Gasteiger partial charge on any atom is -0.492 e. The van der Waals surface area contributed by atoms with Gasteiger partial charge in [0.05, 0.1) is 18.2 Å². The number of ether oxygens (including phenoxy) is 2. The summed E-state index contributed by atoms with van der Waals surface area (Å²) in [5, 5.41) is 12.1. The fourth-order valence-corrected chi connectivity index (χ4v) is 2.99. The van der Waals surface area contributed by atoms with E-state index in [9.17, 15) is 10.1 Å². The number of amides is 1. The fraction of sp³-hybridized carbons (Fsp3) is 0.200. The third kappa shape index (κ3) is 4.87. The summed E-state index contributed by atoms with van der Waals surface area (Å²) >= 11 is 3.42. The van der Waals surface area contributed by atoms with Crippen molar-refractivity contribution in [3.8, 4) is 17.6 Å². The predicted octanol–water partition coefficient (Wildman–Crippen LogP) is 4.71. The number of benzene rings is 2. The predicted molar refractivity (Wildman–Crippen MR) is 105 cm³/mol. The van der Waals surface area contributed by atoms with Gasteiger partial charge in [-0.25, -0.2) is 0 Å². The highest BCUT2D eigenvalue weighted by molar-refractivity contribution is 9.10. The minimum atomic E-state index is -0.469. The summed E-state index contributed by atoms with van der Waals surface area (Å²) in [6, 6.07) is 12.8. The van der Waals surface area contributed by atoms with Gasteiger partial charge < -0.3 is 14.8 Å². The van der Waals surface area contributed by atoms with Gasteiger partial charge >= 0.3 is 0 Å². The molecule has 0 atom stereocenters. The van der Waals surface area contributed by atoms with Crippen molar-refractivity contribution in [2.75, 3.05) is 19.0 Å². The number of methoxy groups -OCH3 is 1. The first-order valence-electron chi connectivity index (χ1n) is 7.98. The quantitative estimate of drug-likeness (QED) is 0.548. The van der Waals surface area contributed by atoms with Crippen LogP contribution in [0, 0.1) is 18.3 Å². The molecule has 0 aliphatic heterocycles. The number of rotatable bonds is 6. The average Bonchev–Trinajstić information content (AvgIpc) is 2.59. The van der Waals surface area contributed by atoms with Crippen molar-refractivity contribution in [3.63, 3.8) is 0 Å². The zero-order valence-electron chi connectivity index (χ0n) is 14.8. The van der Waals surface area contributed by atoms with Crippen molar-refractivity contribution in [2.45, 2.75) is 13.8 Å². The summed E-state index contributed by atoms with van der Waals surface area (Å²) in [4.78, 5) is 12.4. The highest BCUT2D eigenvalue weighted by Gasteiger charge is 2.13. The maximum absolute atomic E-state index is 12.4. The van der Waals surface area contributed by atoms with Crippen LogP contribution in [0.1, 0.15) is 18.1 Å². The Bertz CT molecular complexity index is 885. The van der Waals surface area contributed by atoms with Gasteiger partial charge in [0.2, 0.25) is 0 Å². The molecule has 5 nitrogen and oxygen atoms in total. The van der Waals surface area contributed by atoms with Crippen molar-refractivity contribution in [1.29, 1.82) is 5.26 Å². The average molecular weight is 415 g/mol. The Kier molecular flexibility index (Phi) is 6.81. The Labute approximate surface area is 161 Å². The molecule has 0 fully saturated rings. The Hall–Kier alpha value is -2.78. The molecule has 2 aromatic rings. The van der Waals surface area contributed by atoms with Gasteiger partial charge in [0, 0.05) is 5.69 Å². The third-order valence-electron chi connectivity index (χ3n) is 3.49. The first-order valence-corrected chi connectivity index (χ1v) is 8.78. The van der Waals surface area contributed by atoms with E-state index in [0.29, 0.717) is 33.8 Å². The first kappa shape index (κ1) is 19.5. The van der Waals surface area contributed by atoms with Crippen molar-refractivity contribution >= 4 is 33.6 Å². The number of halogens is 1. The molecule has 0 spiro atoms. The highest BCUT2D eigenvalue weighted by Crippen LogP contribution is 2.37. The van der Waals surface area contributed by atoms with Crippen LogP contribution in [0.15, 0.2) is 46.4 Å². The molecule has 2 rings (SSSR count). The van der Waals surface area contributed by atoms with Crippen LogP contribution < -0.4 is 14.8 Å². The van der Waals surface area contributed by atoms with Gasteiger partial charge in [-0.05, 0) is 71.2 Å². The van der Waals surface area contributed by atoms with Crippen LogP contribution in [0.3, 0.4) is 0 Å². The molecule has 0 aliphatic rings. The van der Waals surface area contributed by atoms with E-state index in [2.05, 4.69) is 21.2 Å². The molecule has 0 bridgehead atoms. The molecule has 6 heteroatoms. The van der Waals surface area contributed by atoms with E-state index in [4.69, 9.17) is 9.47 Å². The number of carbonyl (C=O) groups is 1. The van der Waals surface area contributed by atoms with E-state index in [1.165, 1.54) is 6.08 Å².